The molecule has 136 valence electrons. The van der Waals surface area contributed by atoms with Gasteiger partial charge >= 0.3 is 0 Å². The monoisotopic (exact) mass is 380 g/mol. The molecular weight excluding hydrogens is 364 g/mol. The topological polar surface area (TPSA) is 88.0 Å². The van der Waals surface area contributed by atoms with E-state index in [1.807, 2.05) is 6.07 Å². The summed E-state index contributed by atoms with van der Waals surface area (Å²) in [4.78, 5) is 23.9. The number of nitrogens with one attached hydrogen (secondary N) is 2. The van der Waals surface area contributed by atoms with Gasteiger partial charge in [-0.2, -0.15) is 4.98 Å². The van der Waals surface area contributed by atoms with E-state index in [1.165, 1.54) is 39.8 Å². The molecule has 8 heteroatoms. The molecule has 0 amide bonds. The van der Waals surface area contributed by atoms with Crippen LogP contribution in [-0.4, -0.2) is 36.4 Å². The van der Waals surface area contributed by atoms with Gasteiger partial charge in [0.2, 0.25) is 5.28 Å². The van der Waals surface area contributed by atoms with Crippen LogP contribution in [0, 0.1) is 0 Å². The van der Waals surface area contributed by atoms with E-state index in [-0.39, 0.29) is 17.1 Å². The summed E-state index contributed by atoms with van der Waals surface area (Å²) in [5.74, 6) is 0.431. The second kappa shape index (κ2) is 6.06. The summed E-state index contributed by atoms with van der Waals surface area (Å²) in [7, 11) is 0. The van der Waals surface area contributed by atoms with E-state index in [1.54, 1.807) is 0 Å². The predicted octanol–water partition coefficient (Wildman–Crippen LogP) is 3.43. The smallest absolute Gasteiger partial charge is 0.243 e. The summed E-state index contributed by atoms with van der Waals surface area (Å²) in [5, 5.41) is 8.94. The number of halogens is 1. The van der Waals surface area contributed by atoms with E-state index in [0.717, 1.165) is 19.3 Å². The Kier molecular flexibility index (Phi) is 3.65. The first-order valence-electron chi connectivity index (χ1n) is 8.87. The molecule has 0 spiro atoms. The summed E-state index contributed by atoms with van der Waals surface area (Å²) < 4.78 is 1.46. The van der Waals surface area contributed by atoms with Gasteiger partial charge in [0.25, 0.3) is 0 Å². The molecule has 0 saturated carbocycles. The van der Waals surface area contributed by atoms with Crippen LogP contribution in [0.15, 0.2) is 30.5 Å². The third kappa shape index (κ3) is 2.66. The largest absolute Gasteiger partial charge is 0.364 e. The SMILES string of the molecule is CC(=O)c1cnc2c(N[C@@H]3CCc4[nH]c5ccccc5c4C3)nc(Cl)nn12. The van der Waals surface area contributed by atoms with Crippen LogP contribution in [-0.2, 0) is 12.8 Å². The van der Waals surface area contributed by atoms with Crippen molar-refractivity contribution in [2.75, 3.05) is 5.32 Å². The first-order chi connectivity index (χ1) is 13.1. The van der Waals surface area contributed by atoms with Gasteiger partial charge in [0.05, 0.1) is 6.20 Å². The maximum absolute atomic E-state index is 11.8. The Morgan fingerprint density at radius 2 is 2.22 bits per heavy atom. The van der Waals surface area contributed by atoms with Gasteiger partial charge < -0.3 is 10.3 Å². The zero-order valence-corrected chi connectivity index (χ0v) is 15.4. The molecule has 4 aromatic rings. The number of Topliss-reactive ketones (excluding diaryl/α,β-unsaturated/α-hetero) is 1. The molecule has 1 atom stereocenters. The molecule has 1 aromatic carbocycles. The van der Waals surface area contributed by atoms with Crippen LogP contribution < -0.4 is 5.32 Å². The maximum Gasteiger partial charge on any atom is 0.243 e. The van der Waals surface area contributed by atoms with E-state index < -0.39 is 0 Å². The molecular formula is C19H17ClN6O. The number of carbonyl (C=O) groups excluding carboxylic acids is 1. The van der Waals surface area contributed by atoms with Gasteiger partial charge in [-0.05, 0) is 42.5 Å². The molecule has 5 rings (SSSR count). The number of nitrogens with zero attached hydrogens (tertiary/aromatic N) is 4. The molecule has 0 bridgehead atoms. The van der Waals surface area contributed by atoms with Gasteiger partial charge in [0, 0.05) is 29.6 Å². The predicted molar refractivity (Wildman–Crippen MR) is 104 cm³/mol. The number of hydrogen-bond acceptors (Lipinski definition) is 5. The van der Waals surface area contributed by atoms with Gasteiger partial charge in [-0.3, -0.25) is 4.79 Å². The van der Waals surface area contributed by atoms with E-state index >= 15 is 0 Å². The fourth-order valence-electron chi connectivity index (χ4n) is 3.88. The maximum atomic E-state index is 11.8. The summed E-state index contributed by atoms with van der Waals surface area (Å²) >= 11 is 6.09. The molecule has 3 aromatic heterocycles. The third-order valence-electron chi connectivity index (χ3n) is 5.13. The summed E-state index contributed by atoms with van der Waals surface area (Å²) in [5.41, 5.74) is 4.72. The average Bonchev–Trinajstić information content (AvgIpc) is 3.23. The van der Waals surface area contributed by atoms with Crippen molar-refractivity contribution in [3.8, 4) is 0 Å². The molecule has 1 aliphatic carbocycles. The first-order valence-corrected chi connectivity index (χ1v) is 9.25. The Labute approximate surface area is 159 Å². The number of rotatable bonds is 3. The molecule has 0 fully saturated rings. The van der Waals surface area contributed by atoms with Crippen LogP contribution in [0.4, 0.5) is 5.82 Å². The van der Waals surface area contributed by atoms with Crippen molar-refractivity contribution >= 4 is 39.8 Å². The number of benzene rings is 1. The number of aryl methyl sites for hydroxylation is 1. The second-order valence-corrected chi connectivity index (χ2v) is 7.21. The van der Waals surface area contributed by atoms with Gasteiger partial charge in [-0.1, -0.05) is 18.2 Å². The van der Waals surface area contributed by atoms with Crippen molar-refractivity contribution in [3.63, 3.8) is 0 Å². The molecule has 3 heterocycles. The number of ketones is 1. The highest BCUT2D eigenvalue weighted by Gasteiger charge is 2.24. The molecule has 0 unspecified atom stereocenters. The molecule has 0 saturated heterocycles. The van der Waals surface area contributed by atoms with Crippen LogP contribution in [0.2, 0.25) is 5.28 Å². The molecule has 0 aliphatic heterocycles. The lowest BCUT2D eigenvalue weighted by molar-refractivity contribution is 0.101. The van der Waals surface area contributed by atoms with Crippen molar-refractivity contribution < 1.29 is 4.79 Å². The summed E-state index contributed by atoms with van der Waals surface area (Å²) in [6.45, 7) is 1.48. The lowest BCUT2D eigenvalue weighted by atomic mass is 9.91. The normalized spacial score (nSPS) is 16.6. The van der Waals surface area contributed by atoms with Crippen LogP contribution in [0.3, 0.4) is 0 Å². The minimum Gasteiger partial charge on any atom is -0.364 e. The lowest BCUT2D eigenvalue weighted by Crippen LogP contribution is -2.28. The number of aromatic nitrogens is 5. The Morgan fingerprint density at radius 1 is 1.37 bits per heavy atom. The quantitative estimate of drug-likeness (QED) is 0.531. The standard InChI is InChI=1S/C19H17ClN6O/c1-10(27)16-9-21-18-17(24-19(20)25-26(16)18)22-11-6-7-15-13(8-11)12-4-2-3-5-14(12)23-15/h2-5,9,11,23H,6-8H2,1H3,(H,22,24,25)/t11-/m1/s1. The van der Waals surface area contributed by atoms with Crippen LogP contribution in [0.25, 0.3) is 16.6 Å². The molecule has 1 aliphatic rings. The van der Waals surface area contributed by atoms with Crippen molar-refractivity contribution in [1.82, 2.24) is 24.6 Å². The molecule has 2 N–H and O–H groups in total. The zero-order chi connectivity index (χ0) is 18.5. The van der Waals surface area contributed by atoms with E-state index in [4.69, 9.17) is 11.6 Å². The lowest BCUT2D eigenvalue weighted by Gasteiger charge is -2.24. The minimum absolute atomic E-state index is 0.0779. The van der Waals surface area contributed by atoms with Crippen molar-refractivity contribution in [2.45, 2.75) is 32.2 Å². The Bertz CT molecular complexity index is 1190. The van der Waals surface area contributed by atoms with Crippen molar-refractivity contribution in [3.05, 3.63) is 52.7 Å². The van der Waals surface area contributed by atoms with Crippen LogP contribution >= 0.6 is 11.6 Å². The fourth-order valence-corrected chi connectivity index (χ4v) is 4.04. The highest BCUT2D eigenvalue weighted by Crippen LogP contribution is 2.30. The van der Waals surface area contributed by atoms with Gasteiger partial charge in [-0.25, -0.2) is 9.50 Å². The number of hydrogen-bond donors (Lipinski definition) is 2. The minimum atomic E-state index is -0.121. The number of para-hydroxylation sites is 1. The number of anilines is 1. The number of fused-ring (bicyclic) bond motifs is 4. The Morgan fingerprint density at radius 3 is 3.07 bits per heavy atom. The summed E-state index contributed by atoms with van der Waals surface area (Å²) in [6, 6.07) is 8.57. The average molecular weight is 381 g/mol. The molecule has 0 radical (unpaired) electrons. The number of imidazole rings is 1. The zero-order valence-electron chi connectivity index (χ0n) is 14.7. The Hall–Kier alpha value is -2.93. The highest BCUT2D eigenvalue weighted by molar-refractivity contribution is 6.28. The molecule has 7 nitrogen and oxygen atoms in total. The van der Waals surface area contributed by atoms with E-state index in [9.17, 15) is 4.79 Å². The summed E-state index contributed by atoms with van der Waals surface area (Å²) in [6.07, 6.45) is 4.32. The first kappa shape index (κ1) is 16.3. The molecule has 27 heavy (non-hydrogen) atoms. The van der Waals surface area contributed by atoms with Gasteiger partial charge in [0.1, 0.15) is 5.69 Å². The van der Waals surface area contributed by atoms with Crippen molar-refractivity contribution in [2.24, 2.45) is 0 Å². The van der Waals surface area contributed by atoms with E-state index in [2.05, 4.69) is 43.6 Å². The van der Waals surface area contributed by atoms with Crippen LogP contribution in [0.1, 0.15) is 35.1 Å². The van der Waals surface area contributed by atoms with Gasteiger partial charge in [-0.15, -0.1) is 5.10 Å². The van der Waals surface area contributed by atoms with Crippen LogP contribution in [0.5, 0.6) is 0 Å². The van der Waals surface area contributed by atoms with E-state index in [0.29, 0.717) is 17.2 Å². The second-order valence-electron chi connectivity index (χ2n) is 6.88. The number of aromatic amines is 1. The highest BCUT2D eigenvalue weighted by atomic mass is 35.5. The number of carbonyl (C=O) groups is 1. The van der Waals surface area contributed by atoms with Crippen molar-refractivity contribution in [1.29, 1.82) is 0 Å². The fraction of sp³-hybridized carbons (Fsp3) is 0.263. The Balaban J connectivity index is 1.50. The number of H-pyrrole nitrogens is 1. The van der Waals surface area contributed by atoms with Gasteiger partial charge in [0.15, 0.2) is 17.2 Å². The third-order valence-corrected chi connectivity index (χ3v) is 5.29.